The highest BCUT2D eigenvalue weighted by Gasteiger charge is 2.16. The Labute approximate surface area is 120 Å². The van der Waals surface area contributed by atoms with Crippen LogP contribution in [0.15, 0.2) is 29.2 Å². The zero-order chi connectivity index (χ0) is 14.6. The number of ether oxygens (including phenoxy) is 1. The molecule has 5 nitrogen and oxygen atoms in total. The molecule has 2 rings (SSSR count). The molecule has 0 aromatic heterocycles. The third-order valence-electron chi connectivity index (χ3n) is 3.71. The molecule has 2 atom stereocenters. The van der Waals surface area contributed by atoms with Gasteiger partial charge in [0.15, 0.2) is 0 Å². The molecule has 0 aliphatic carbocycles. The normalized spacial score (nSPS) is 21.0. The molecule has 20 heavy (non-hydrogen) atoms. The van der Waals surface area contributed by atoms with E-state index in [9.17, 15) is 8.42 Å². The average molecular weight is 298 g/mol. The zero-order valence-electron chi connectivity index (χ0n) is 11.7. The number of nitrogens with two attached hydrogens (primary N) is 1. The fourth-order valence-corrected chi connectivity index (χ4v) is 2.96. The van der Waals surface area contributed by atoms with E-state index in [2.05, 4.69) is 5.32 Å². The van der Waals surface area contributed by atoms with Gasteiger partial charge in [0, 0.05) is 19.3 Å². The summed E-state index contributed by atoms with van der Waals surface area (Å²) in [6, 6.07) is 6.87. The Bertz CT molecular complexity index is 539. The van der Waals surface area contributed by atoms with Crippen molar-refractivity contribution in [2.24, 2.45) is 11.1 Å². The van der Waals surface area contributed by atoms with Crippen molar-refractivity contribution in [1.82, 2.24) is 5.32 Å². The van der Waals surface area contributed by atoms with Gasteiger partial charge < -0.3 is 10.1 Å². The maximum atomic E-state index is 11.3. The monoisotopic (exact) mass is 298 g/mol. The van der Waals surface area contributed by atoms with Crippen molar-refractivity contribution in [1.29, 1.82) is 0 Å². The maximum Gasteiger partial charge on any atom is 0.238 e. The quantitative estimate of drug-likeness (QED) is 0.832. The molecule has 2 unspecified atom stereocenters. The maximum absolute atomic E-state index is 11.3. The third kappa shape index (κ3) is 4.28. The molecule has 1 aliphatic rings. The van der Waals surface area contributed by atoms with E-state index in [-0.39, 0.29) is 10.9 Å². The van der Waals surface area contributed by atoms with Crippen LogP contribution in [0.1, 0.15) is 31.4 Å². The number of hydrogen-bond acceptors (Lipinski definition) is 4. The summed E-state index contributed by atoms with van der Waals surface area (Å²) in [4.78, 5) is 0.160. The van der Waals surface area contributed by atoms with Gasteiger partial charge in [-0.05, 0) is 49.9 Å². The Morgan fingerprint density at radius 1 is 1.50 bits per heavy atom. The Balaban J connectivity index is 1.90. The summed E-state index contributed by atoms with van der Waals surface area (Å²) < 4.78 is 28.0. The van der Waals surface area contributed by atoms with Crippen LogP contribution in [0.25, 0.3) is 0 Å². The largest absolute Gasteiger partial charge is 0.381 e. The topological polar surface area (TPSA) is 81.4 Å². The van der Waals surface area contributed by atoms with Crippen molar-refractivity contribution in [3.05, 3.63) is 29.8 Å². The number of nitrogens with one attached hydrogen (secondary N) is 1. The molecule has 0 bridgehead atoms. The summed E-state index contributed by atoms with van der Waals surface area (Å²) in [5.74, 6) is 0.644. The standard InChI is InChI=1S/C14H22N2O3S/c1-11(16-7-5-12-6-8-19-10-12)13-3-2-4-14(9-13)20(15,17)18/h2-4,9,11-12,16H,5-8,10H2,1H3,(H2,15,17,18). The Hall–Kier alpha value is -0.950. The summed E-state index contributed by atoms with van der Waals surface area (Å²) in [7, 11) is -3.64. The first kappa shape index (κ1) is 15.4. The van der Waals surface area contributed by atoms with Gasteiger partial charge in [-0.2, -0.15) is 0 Å². The van der Waals surface area contributed by atoms with Crippen molar-refractivity contribution >= 4 is 10.0 Å². The first-order valence-electron chi connectivity index (χ1n) is 6.90. The van der Waals surface area contributed by atoms with Crippen LogP contribution in [0.2, 0.25) is 0 Å². The smallest absolute Gasteiger partial charge is 0.238 e. The van der Waals surface area contributed by atoms with Gasteiger partial charge in [0.25, 0.3) is 0 Å². The predicted octanol–water partition coefficient (Wildman–Crippen LogP) is 1.41. The molecular weight excluding hydrogens is 276 g/mol. The highest BCUT2D eigenvalue weighted by atomic mass is 32.2. The molecule has 1 aromatic carbocycles. The molecule has 1 saturated heterocycles. The number of primary sulfonamides is 1. The molecule has 1 fully saturated rings. The van der Waals surface area contributed by atoms with Gasteiger partial charge in [-0.3, -0.25) is 0 Å². The Kier molecular flexibility index (Phi) is 5.15. The lowest BCUT2D eigenvalue weighted by atomic mass is 10.0. The first-order chi connectivity index (χ1) is 9.47. The summed E-state index contributed by atoms with van der Waals surface area (Å²) in [6.45, 7) is 4.65. The highest BCUT2D eigenvalue weighted by Crippen LogP contribution is 2.18. The van der Waals surface area contributed by atoms with Crippen LogP contribution in [0.5, 0.6) is 0 Å². The van der Waals surface area contributed by atoms with Crippen molar-refractivity contribution in [2.75, 3.05) is 19.8 Å². The minimum Gasteiger partial charge on any atom is -0.381 e. The number of rotatable bonds is 6. The summed E-state index contributed by atoms with van der Waals surface area (Å²) in [5, 5.41) is 8.56. The minimum atomic E-state index is -3.64. The summed E-state index contributed by atoms with van der Waals surface area (Å²) >= 11 is 0. The fraction of sp³-hybridized carbons (Fsp3) is 0.571. The molecule has 0 radical (unpaired) electrons. The summed E-state index contributed by atoms with van der Waals surface area (Å²) in [6.07, 6.45) is 2.22. The van der Waals surface area contributed by atoms with E-state index in [4.69, 9.17) is 9.88 Å². The predicted molar refractivity (Wildman–Crippen MR) is 77.8 cm³/mol. The van der Waals surface area contributed by atoms with E-state index in [1.807, 2.05) is 13.0 Å². The summed E-state index contributed by atoms with van der Waals surface area (Å²) in [5.41, 5.74) is 0.930. The van der Waals surface area contributed by atoms with E-state index in [1.54, 1.807) is 12.1 Å². The molecular formula is C14H22N2O3S. The van der Waals surface area contributed by atoms with E-state index in [0.717, 1.165) is 38.2 Å². The second kappa shape index (κ2) is 6.67. The minimum absolute atomic E-state index is 0.0963. The van der Waals surface area contributed by atoms with Gasteiger partial charge in [-0.25, -0.2) is 13.6 Å². The van der Waals surface area contributed by atoms with Gasteiger partial charge in [0.05, 0.1) is 4.90 Å². The molecule has 0 amide bonds. The van der Waals surface area contributed by atoms with Crippen molar-refractivity contribution in [3.63, 3.8) is 0 Å². The zero-order valence-corrected chi connectivity index (χ0v) is 12.5. The number of sulfonamides is 1. The Morgan fingerprint density at radius 2 is 2.30 bits per heavy atom. The number of hydrogen-bond donors (Lipinski definition) is 2. The molecule has 3 N–H and O–H groups in total. The van der Waals surface area contributed by atoms with Gasteiger partial charge in [-0.15, -0.1) is 0 Å². The van der Waals surface area contributed by atoms with Crippen LogP contribution < -0.4 is 10.5 Å². The molecule has 0 spiro atoms. The fourth-order valence-electron chi connectivity index (χ4n) is 2.39. The van der Waals surface area contributed by atoms with Crippen LogP contribution in [0, 0.1) is 5.92 Å². The second-order valence-corrected chi connectivity index (χ2v) is 6.87. The Morgan fingerprint density at radius 3 is 2.95 bits per heavy atom. The van der Waals surface area contributed by atoms with Gasteiger partial charge in [0.2, 0.25) is 10.0 Å². The molecule has 6 heteroatoms. The number of benzene rings is 1. The van der Waals surface area contributed by atoms with Crippen LogP contribution in [0.3, 0.4) is 0 Å². The van der Waals surface area contributed by atoms with Crippen LogP contribution in [-0.4, -0.2) is 28.2 Å². The lowest BCUT2D eigenvalue weighted by Crippen LogP contribution is -2.22. The molecule has 1 aliphatic heterocycles. The van der Waals surface area contributed by atoms with E-state index >= 15 is 0 Å². The third-order valence-corrected chi connectivity index (χ3v) is 4.62. The molecule has 1 aromatic rings. The van der Waals surface area contributed by atoms with E-state index in [1.165, 1.54) is 6.07 Å². The van der Waals surface area contributed by atoms with Crippen LogP contribution in [0.4, 0.5) is 0 Å². The lowest BCUT2D eigenvalue weighted by Gasteiger charge is -2.16. The second-order valence-electron chi connectivity index (χ2n) is 5.31. The van der Waals surface area contributed by atoms with Gasteiger partial charge in [-0.1, -0.05) is 12.1 Å². The van der Waals surface area contributed by atoms with Crippen molar-refractivity contribution < 1.29 is 13.2 Å². The van der Waals surface area contributed by atoms with E-state index in [0.29, 0.717) is 5.92 Å². The van der Waals surface area contributed by atoms with Crippen LogP contribution in [-0.2, 0) is 14.8 Å². The van der Waals surface area contributed by atoms with Crippen molar-refractivity contribution in [2.45, 2.75) is 30.7 Å². The SMILES string of the molecule is CC(NCCC1CCOC1)c1cccc(S(N)(=O)=O)c1. The average Bonchev–Trinajstić information content (AvgIpc) is 2.91. The van der Waals surface area contributed by atoms with Gasteiger partial charge >= 0.3 is 0 Å². The van der Waals surface area contributed by atoms with Gasteiger partial charge in [0.1, 0.15) is 0 Å². The molecule has 0 saturated carbocycles. The lowest BCUT2D eigenvalue weighted by molar-refractivity contribution is 0.184. The van der Waals surface area contributed by atoms with Crippen molar-refractivity contribution in [3.8, 4) is 0 Å². The highest BCUT2D eigenvalue weighted by molar-refractivity contribution is 7.89. The van der Waals surface area contributed by atoms with Crippen LogP contribution >= 0.6 is 0 Å². The molecule has 112 valence electrons. The first-order valence-corrected chi connectivity index (χ1v) is 8.45. The van der Waals surface area contributed by atoms with E-state index < -0.39 is 10.0 Å². The molecule has 1 heterocycles.